The maximum atomic E-state index is 6.43. The van der Waals surface area contributed by atoms with Crippen molar-refractivity contribution in [3.63, 3.8) is 0 Å². The molecule has 1 unspecified atom stereocenters. The van der Waals surface area contributed by atoms with Gasteiger partial charge in [0.1, 0.15) is 5.75 Å². The molecule has 0 aromatic heterocycles. The van der Waals surface area contributed by atoms with Gasteiger partial charge in [0.05, 0.1) is 12.0 Å². The first-order valence-electron chi connectivity index (χ1n) is 6.79. The summed E-state index contributed by atoms with van der Waals surface area (Å²) in [7, 11) is 0. The Morgan fingerprint density at radius 1 is 1.17 bits per heavy atom. The van der Waals surface area contributed by atoms with Gasteiger partial charge in [-0.15, -0.1) is 11.6 Å². The van der Waals surface area contributed by atoms with Crippen molar-refractivity contribution in [3.8, 4) is 5.75 Å². The highest BCUT2D eigenvalue weighted by Gasteiger charge is 2.14. The largest absolute Gasteiger partial charge is 0.494 e. The molecule has 1 rings (SSSR count). The standard InChI is InChI=1S/C16H25ClO/c1-5-12-18-14-8-6-13(7-9-14)15(17)10-11-16(2,3)4/h6-9,15H,5,10-12H2,1-4H3. The van der Waals surface area contributed by atoms with Crippen molar-refractivity contribution in [2.45, 2.75) is 52.3 Å². The molecule has 1 nitrogen and oxygen atoms in total. The summed E-state index contributed by atoms with van der Waals surface area (Å²) < 4.78 is 5.56. The monoisotopic (exact) mass is 268 g/mol. The Morgan fingerprint density at radius 2 is 1.78 bits per heavy atom. The summed E-state index contributed by atoms with van der Waals surface area (Å²) in [6.45, 7) is 9.62. The van der Waals surface area contributed by atoms with E-state index in [-0.39, 0.29) is 5.38 Å². The molecule has 0 aliphatic carbocycles. The van der Waals surface area contributed by atoms with Crippen molar-refractivity contribution in [2.75, 3.05) is 6.61 Å². The number of hydrogen-bond donors (Lipinski definition) is 0. The molecule has 0 aliphatic heterocycles. The first-order chi connectivity index (χ1) is 8.42. The van der Waals surface area contributed by atoms with Crippen LogP contribution >= 0.6 is 11.6 Å². The summed E-state index contributed by atoms with van der Waals surface area (Å²) in [4.78, 5) is 0. The minimum absolute atomic E-state index is 0.101. The molecule has 0 bridgehead atoms. The number of halogens is 1. The lowest BCUT2D eigenvalue weighted by molar-refractivity contribution is 0.317. The lowest BCUT2D eigenvalue weighted by Gasteiger charge is -2.20. The van der Waals surface area contributed by atoms with Gasteiger partial charge in [0, 0.05) is 0 Å². The van der Waals surface area contributed by atoms with E-state index < -0.39 is 0 Å². The predicted octanol–water partition coefficient (Wildman–Crippen LogP) is 5.58. The second-order valence-electron chi connectivity index (χ2n) is 5.98. The van der Waals surface area contributed by atoms with Gasteiger partial charge < -0.3 is 4.74 Å². The summed E-state index contributed by atoms with van der Waals surface area (Å²) in [6, 6.07) is 8.17. The van der Waals surface area contributed by atoms with Crippen molar-refractivity contribution in [1.82, 2.24) is 0 Å². The van der Waals surface area contributed by atoms with E-state index in [1.54, 1.807) is 0 Å². The summed E-state index contributed by atoms with van der Waals surface area (Å²) in [5, 5.41) is 0.101. The van der Waals surface area contributed by atoms with Crippen LogP contribution in [0.3, 0.4) is 0 Å². The van der Waals surface area contributed by atoms with E-state index in [9.17, 15) is 0 Å². The highest BCUT2D eigenvalue weighted by molar-refractivity contribution is 6.20. The van der Waals surface area contributed by atoms with Crippen LogP contribution in [-0.2, 0) is 0 Å². The molecule has 0 N–H and O–H groups in total. The second kappa shape index (κ2) is 7.04. The summed E-state index contributed by atoms with van der Waals surface area (Å²) in [5.41, 5.74) is 1.53. The zero-order chi connectivity index (χ0) is 13.6. The molecule has 0 saturated carbocycles. The molecule has 1 aromatic carbocycles. The molecule has 0 fully saturated rings. The van der Waals surface area contributed by atoms with Gasteiger partial charge in [-0.1, -0.05) is 39.8 Å². The normalized spacial score (nSPS) is 13.4. The van der Waals surface area contributed by atoms with Gasteiger partial charge in [0.2, 0.25) is 0 Å². The molecule has 0 amide bonds. The second-order valence-corrected chi connectivity index (χ2v) is 6.51. The fourth-order valence-electron chi connectivity index (χ4n) is 1.72. The molecule has 1 aromatic rings. The van der Waals surface area contributed by atoms with Crippen LogP contribution in [0.25, 0.3) is 0 Å². The fraction of sp³-hybridized carbons (Fsp3) is 0.625. The topological polar surface area (TPSA) is 9.23 Å². The Balaban J connectivity index is 2.51. The van der Waals surface area contributed by atoms with Crippen molar-refractivity contribution < 1.29 is 4.74 Å². The quantitative estimate of drug-likeness (QED) is 0.612. The average molecular weight is 269 g/mol. The SMILES string of the molecule is CCCOc1ccc(C(Cl)CCC(C)(C)C)cc1. The zero-order valence-electron chi connectivity index (χ0n) is 12.0. The van der Waals surface area contributed by atoms with Gasteiger partial charge in [-0.05, 0) is 42.4 Å². The third-order valence-corrected chi connectivity index (χ3v) is 3.33. The number of alkyl halides is 1. The van der Waals surface area contributed by atoms with Crippen molar-refractivity contribution in [2.24, 2.45) is 5.41 Å². The molecule has 2 heteroatoms. The van der Waals surface area contributed by atoms with E-state index in [0.717, 1.165) is 31.6 Å². The first kappa shape index (κ1) is 15.4. The highest BCUT2D eigenvalue weighted by atomic mass is 35.5. The van der Waals surface area contributed by atoms with E-state index in [4.69, 9.17) is 16.3 Å². The molecule has 102 valence electrons. The van der Waals surface area contributed by atoms with E-state index in [1.165, 1.54) is 5.56 Å². The molecule has 0 radical (unpaired) electrons. The molecular weight excluding hydrogens is 244 g/mol. The van der Waals surface area contributed by atoms with Crippen LogP contribution in [0.2, 0.25) is 0 Å². The third-order valence-electron chi connectivity index (χ3n) is 2.86. The van der Waals surface area contributed by atoms with Crippen molar-refractivity contribution >= 4 is 11.6 Å². The van der Waals surface area contributed by atoms with Crippen LogP contribution < -0.4 is 4.74 Å². The summed E-state index contributed by atoms with van der Waals surface area (Å²) in [5.74, 6) is 0.931. The van der Waals surface area contributed by atoms with Crippen LogP contribution in [0.4, 0.5) is 0 Å². The predicted molar refractivity (Wildman–Crippen MR) is 79.5 cm³/mol. The molecular formula is C16H25ClO. The smallest absolute Gasteiger partial charge is 0.119 e. The molecule has 0 saturated heterocycles. The Labute approximate surface area is 116 Å². The van der Waals surface area contributed by atoms with Crippen molar-refractivity contribution in [3.05, 3.63) is 29.8 Å². The van der Waals surface area contributed by atoms with Crippen LogP contribution in [0.1, 0.15) is 57.9 Å². The van der Waals surface area contributed by atoms with E-state index in [1.807, 2.05) is 12.1 Å². The van der Waals surface area contributed by atoms with Gasteiger partial charge in [0.15, 0.2) is 0 Å². The third kappa shape index (κ3) is 5.77. The Kier molecular flexibility index (Phi) is 6.01. The van der Waals surface area contributed by atoms with Gasteiger partial charge in [-0.2, -0.15) is 0 Å². The number of ether oxygens (including phenoxy) is 1. The van der Waals surface area contributed by atoms with Crippen LogP contribution in [0.5, 0.6) is 5.75 Å². The summed E-state index contributed by atoms with van der Waals surface area (Å²) in [6.07, 6.45) is 3.18. The molecule has 0 heterocycles. The Bertz CT molecular complexity index is 337. The first-order valence-corrected chi connectivity index (χ1v) is 7.23. The van der Waals surface area contributed by atoms with Crippen LogP contribution in [-0.4, -0.2) is 6.61 Å². The van der Waals surface area contributed by atoms with Gasteiger partial charge >= 0.3 is 0 Å². The Morgan fingerprint density at radius 3 is 2.28 bits per heavy atom. The molecule has 18 heavy (non-hydrogen) atoms. The lowest BCUT2D eigenvalue weighted by Crippen LogP contribution is -2.06. The van der Waals surface area contributed by atoms with E-state index >= 15 is 0 Å². The average Bonchev–Trinajstić information content (AvgIpc) is 2.33. The summed E-state index contributed by atoms with van der Waals surface area (Å²) >= 11 is 6.43. The zero-order valence-corrected chi connectivity index (χ0v) is 12.8. The fourth-order valence-corrected chi connectivity index (χ4v) is 1.97. The maximum absolute atomic E-state index is 6.43. The number of hydrogen-bond acceptors (Lipinski definition) is 1. The van der Waals surface area contributed by atoms with Gasteiger partial charge in [-0.25, -0.2) is 0 Å². The minimum atomic E-state index is 0.101. The van der Waals surface area contributed by atoms with Gasteiger partial charge in [-0.3, -0.25) is 0 Å². The van der Waals surface area contributed by atoms with Crippen LogP contribution in [0.15, 0.2) is 24.3 Å². The van der Waals surface area contributed by atoms with Crippen molar-refractivity contribution in [1.29, 1.82) is 0 Å². The molecule has 0 spiro atoms. The van der Waals surface area contributed by atoms with E-state index in [0.29, 0.717) is 5.41 Å². The van der Waals surface area contributed by atoms with E-state index in [2.05, 4.69) is 39.8 Å². The van der Waals surface area contributed by atoms with Gasteiger partial charge in [0.25, 0.3) is 0 Å². The number of rotatable bonds is 6. The highest BCUT2D eigenvalue weighted by Crippen LogP contribution is 2.32. The van der Waals surface area contributed by atoms with Crippen LogP contribution in [0, 0.1) is 5.41 Å². The molecule has 0 aliphatic rings. The maximum Gasteiger partial charge on any atom is 0.119 e. The molecule has 1 atom stereocenters. The Hall–Kier alpha value is -0.690. The minimum Gasteiger partial charge on any atom is -0.494 e. The number of benzene rings is 1. The lowest BCUT2D eigenvalue weighted by atomic mass is 9.89.